The largest absolute Gasteiger partial charge is 0.359 e. The first-order valence-electron chi connectivity index (χ1n) is 5.80. The fourth-order valence-corrected chi connectivity index (χ4v) is 2.22. The van der Waals surface area contributed by atoms with Crippen LogP contribution < -0.4 is 5.32 Å². The third kappa shape index (κ3) is 2.26. The van der Waals surface area contributed by atoms with Crippen LogP contribution in [0.25, 0.3) is 0 Å². The predicted octanol–water partition coefficient (Wildman–Crippen LogP) is 2.39. The van der Waals surface area contributed by atoms with Crippen molar-refractivity contribution in [1.82, 2.24) is 10.5 Å². The molecule has 0 spiro atoms. The zero-order valence-corrected chi connectivity index (χ0v) is 9.99. The molecule has 4 nitrogen and oxygen atoms in total. The van der Waals surface area contributed by atoms with Crippen LogP contribution in [0.4, 0.5) is 0 Å². The molecular weight excluding hydrogens is 204 g/mol. The first-order valence-corrected chi connectivity index (χ1v) is 5.80. The number of aromatic nitrogens is 1. The SMILES string of the molecule is CC(=O)N[C@@H](C)c1cc(C2CC(C)C2)no1. The van der Waals surface area contributed by atoms with Gasteiger partial charge in [0.15, 0.2) is 5.76 Å². The highest BCUT2D eigenvalue weighted by atomic mass is 16.5. The third-order valence-electron chi connectivity index (χ3n) is 3.19. The molecule has 1 heterocycles. The molecule has 0 radical (unpaired) electrons. The molecule has 2 rings (SSSR count). The number of rotatable bonds is 3. The Morgan fingerprint density at radius 2 is 2.31 bits per heavy atom. The first-order chi connectivity index (χ1) is 7.56. The van der Waals surface area contributed by atoms with E-state index in [0.29, 0.717) is 5.92 Å². The minimum Gasteiger partial charge on any atom is -0.359 e. The van der Waals surface area contributed by atoms with Gasteiger partial charge in [0.2, 0.25) is 5.91 Å². The number of nitrogens with zero attached hydrogens (tertiary/aromatic N) is 1. The Morgan fingerprint density at radius 1 is 1.62 bits per heavy atom. The summed E-state index contributed by atoms with van der Waals surface area (Å²) in [6, 6.07) is 1.87. The van der Waals surface area contributed by atoms with Crippen LogP contribution in [0.5, 0.6) is 0 Å². The number of hydrogen-bond donors (Lipinski definition) is 1. The molecule has 88 valence electrons. The van der Waals surface area contributed by atoms with Crippen LogP contribution in [-0.2, 0) is 4.79 Å². The number of hydrogen-bond acceptors (Lipinski definition) is 3. The maximum Gasteiger partial charge on any atom is 0.217 e. The molecule has 0 bridgehead atoms. The Balaban J connectivity index is 1.99. The Hall–Kier alpha value is -1.32. The molecule has 1 fully saturated rings. The summed E-state index contributed by atoms with van der Waals surface area (Å²) in [6.07, 6.45) is 2.39. The number of carbonyl (C=O) groups is 1. The summed E-state index contributed by atoms with van der Waals surface area (Å²) < 4.78 is 5.25. The van der Waals surface area contributed by atoms with Crippen LogP contribution in [-0.4, -0.2) is 11.1 Å². The van der Waals surface area contributed by atoms with Crippen molar-refractivity contribution in [1.29, 1.82) is 0 Å². The maximum atomic E-state index is 10.9. The van der Waals surface area contributed by atoms with Gasteiger partial charge in [-0.05, 0) is 25.7 Å². The average molecular weight is 222 g/mol. The van der Waals surface area contributed by atoms with E-state index in [0.717, 1.165) is 17.4 Å². The number of nitrogens with one attached hydrogen (secondary N) is 1. The molecule has 1 aliphatic carbocycles. The van der Waals surface area contributed by atoms with E-state index >= 15 is 0 Å². The lowest BCUT2D eigenvalue weighted by Gasteiger charge is -2.30. The van der Waals surface area contributed by atoms with Gasteiger partial charge >= 0.3 is 0 Å². The highest BCUT2D eigenvalue weighted by molar-refractivity contribution is 5.73. The van der Waals surface area contributed by atoms with Crippen LogP contribution in [0, 0.1) is 5.92 Å². The summed E-state index contributed by atoms with van der Waals surface area (Å²) in [5.41, 5.74) is 1.03. The molecule has 0 saturated heterocycles. The normalized spacial score (nSPS) is 25.9. The minimum absolute atomic E-state index is 0.0530. The van der Waals surface area contributed by atoms with Gasteiger partial charge in [-0.15, -0.1) is 0 Å². The Labute approximate surface area is 95.4 Å². The smallest absolute Gasteiger partial charge is 0.217 e. The summed E-state index contributed by atoms with van der Waals surface area (Å²) in [4.78, 5) is 10.9. The van der Waals surface area contributed by atoms with E-state index in [2.05, 4.69) is 17.4 Å². The van der Waals surface area contributed by atoms with E-state index < -0.39 is 0 Å². The van der Waals surface area contributed by atoms with Gasteiger partial charge in [-0.25, -0.2) is 0 Å². The summed E-state index contributed by atoms with van der Waals surface area (Å²) in [5.74, 6) is 2.04. The van der Waals surface area contributed by atoms with Gasteiger partial charge in [-0.3, -0.25) is 4.79 Å². The van der Waals surface area contributed by atoms with Crippen LogP contribution in [0.15, 0.2) is 10.6 Å². The second-order valence-corrected chi connectivity index (χ2v) is 4.85. The lowest BCUT2D eigenvalue weighted by molar-refractivity contribution is -0.119. The van der Waals surface area contributed by atoms with Crippen LogP contribution in [0.2, 0.25) is 0 Å². The molecule has 0 unspecified atom stereocenters. The average Bonchev–Trinajstić information content (AvgIpc) is 2.60. The van der Waals surface area contributed by atoms with E-state index in [-0.39, 0.29) is 11.9 Å². The first kappa shape index (κ1) is 11.2. The summed E-state index contributed by atoms with van der Waals surface area (Å²) in [7, 11) is 0. The van der Waals surface area contributed by atoms with Crippen molar-refractivity contribution in [2.24, 2.45) is 5.92 Å². The van der Waals surface area contributed by atoms with E-state index in [1.165, 1.54) is 19.8 Å². The second-order valence-electron chi connectivity index (χ2n) is 4.85. The molecule has 0 aromatic carbocycles. The lowest BCUT2D eigenvalue weighted by Crippen LogP contribution is -2.23. The minimum atomic E-state index is -0.101. The van der Waals surface area contributed by atoms with E-state index in [1.54, 1.807) is 0 Å². The molecular formula is C12H18N2O2. The van der Waals surface area contributed by atoms with Crippen LogP contribution in [0.3, 0.4) is 0 Å². The van der Waals surface area contributed by atoms with Gasteiger partial charge in [0, 0.05) is 18.9 Å². The molecule has 1 aliphatic rings. The molecule has 1 aromatic rings. The third-order valence-corrected chi connectivity index (χ3v) is 3.19. The van der Waals surface area contributed by atoms with Crippen molar-refractivity contribution in [3.63, 3.8) is 0 Å². The highest BCUT2D eigenvalue weighted by Gasteiger charge is 2.29. The number of carbonyl (C=O) groups excluding carboxylic acids is 1. The van der Waals surface area contributed by atoms with Gasteiger partial charge in [0.25, 0.3) is 0 Å². The molecule has 1 saturated carbocycles. The highest BCUT2D eigenvalue weighted by Crippen LogP contribution is 2.40. The summed E-state index contributed by atoms with van der Waals surface area (Å²) >= 11 is 0. The Kier molecular flexibility index (Phi) is 2.99. The molecule has 4 heteroatoms. The zero-order chi connectivity index (χ0) is 11.7. The van der Waals surface area contributed by atoms with Gasteiger partial charge in [-0.2, -0.15) is 0 Å². The standard InChI is InChI=1S/C12H18N2O2/c1-7-4-10(5-7)11-6-12(16-14-11)8(2)13-9(3)15/h6-8,10H,4-5H2,1-3H3,(H,13,15)/t7?,8-,10?/m0/s1. The van der Waals surface area contributed by atoms with Crippen molar-refractivity contribution in [2.75, 3.05) is 0 Å². The van der Waals surface area contributed by atoms with E-state index in [1.807, 2.05) is 13.0 Å². The van der Waals surface area contributed by atoms with Crippen molar-refractivity contribution in [3.8, 4) is 0 Å². The van der Waals surface area contributed by atoms with Crippen molar-refractivity contribution in [2.45, 2.75) is 45.6 Å². The summed E-state index contributed by atoms with van der Waals surface area (Å²) in [5, 5.41) is 6.86. The van der Waals surface area contributed by atoms with E-state index in [4.69, 9.17) is 4.52 Å². The molecule has 1 aromatic heterocycles. The number of amides is 1. The van der Waals surface area contributed by atoms with Gasteiger partial charge in [-0.1, -0.05) is 12.1 Å². The second kappa shape index (κ2) is 4.28. The molecule has 1 N–H and O–H groups in total. The maximum absolute atomic E-state index is 10.9. The summed E-state index contributed by atoms with van der Waals surface area (Å²) in [6.45, 7) is 5.65. The Bertz CT molecular complexity index is 380. The zero-order valence-electron chi connectivity index (χ0n) is 9.99. The molecule has 1 atom stereocenters. The lowest BCUT2D eigenvalue weighted by atomic mass is 9.74. The fraction of sp³-hybridized carbons (Fsp3) is 0.667. The van der Waals surface area contributed by atoms with Crippen molar-refractivity contribution >= 4 is 5.91 Å². The van der Waals surface area contributed by atoms with Gasteiger partial charge in [0.1, 0.15) is 0 Å². The van der Waals surface area contributed by atoms with Crippen molar-refractivity contribution < 1.29 is 9.32 Å². The van der Waals surface area contributed by atoms with Crippen LogP contribution in [0.1, 0.15) is 57.0 Å². The molecule has 0 aliphatic heterocycles. The molecule has 1 amide bonds. The topological polar surface area (TPSA) is 55.1 Å². The monoisotopic (exact) mass is 222 g/mol. The predicted molar refractivity (Wildman–Crippen MR) is 59.9 cm³/mol. The van der Waals surface area contributed by atoms with Crippen LogP contribution >= 0.6 is 0 Å². The quantitative estimate of drug-likeness (QED) is 0.854. The van der Waals surface area contributed by atoms with E-state index in [9.17, 15) is 4.79 Å². The fourth-order valence-electron chi connectivity index (χ4n) is 2.22. The Morgan fingerprint density at radius 3 is 2.88 bits per heavy atom. The molecule has 16 heavy (non-hydrogen) atoms. The van der Waals surface area contributed by atoms with Gasteiger partial charge < -0.3 is 9.84 Å². The van der Waals surface area contributed by atoms with Crippen molar-refractivity contribution in [3.05, 3.63) is 17.5 Å². The van der Waals surface area contributed by atoms with Gasteiger partial charge in [0.05, 0.1) is 11.7 Å².